The fraction of sp³-hybridized carbons (Fsp3) is 0.182. The summed E-state index contributed by atoms with van der Waals surface area (Å²) in [6, 6.07) is 8.30. The van der Waals surface area contributed by atoms with Crippen LogP contribution in [0.5, 0.6) is 0 Å². The zero-order valence-corrected chi connectivity index (χ0v) is 12.9. The van der Waals surface area contributed by atoms with Gasteiger partial charge in [0, 0.05) is 0 Å². The monoisotopic (exact) mass is 312 g/mol. The van der Waals surface area contributed by atoms with E-state index in [1.54, 1.807) is 30.3 Å². The van der Waals surface area contributed by atoms with Gasteiger partial charge in [0.15, 0.2) is 12.2 Å². The molecule has 1 aromatic rings. The summed E-state index contributed by atoms with van der Waals surface area (Å²) in [5.41, 5.74) is 0.331. The minimum Gasteiger partial charge on any atom is -0.870 e. The number of carbonyl (C=O) groups is 3. The van der Waals surface area contributed by atoms with Crippen molar-refractivity contribution in [2.24, 2.45) is 0 Å². The topological polar surface area (TPSA) is 182 Å². The summed E-state index contributed by atoms with van der Waals surface area (Å²) in [6.07, 6.45) is -4.53. The number of benzene rings is 1. The zero-order chi connectivity index (χ0) is 15.0. The molecule has 0 amide bonds. The van der Waals surface area contributed by atoms with E-state index < -0.39 is 30.1 Å². The fourth-order valence-corrected chi connectivity index (χ4v) is 0.851. The number of carboxylic acid groups (broad SMARTS) is 3. The van der Waals surface area contributed by atoms with E-state index in [4.69, 9.17) is 25.5 Å². The molecular formula is C11H13NaO9. The van der Waals surface area contributed by atoms with Gasteiger partial charge < -0.3 is 31.0 Å². The number of aromatic carboxylic acids is 1. The van der Waals surface area contributed by atoms with Crippen LogP contribution in [0, 0.1) is 0 Å². The number of hydrogen-bond donors (Lipinski definition) is 5. The van der Waals surface area contributed by atoms with E-state index in [9.17, 15) is 14.4 Å². The van der Waals surface area contributed by atoms with Gasteiger partial charge in [-0.3, -0.25) is 0 Å². The Kier molecular flexibility index (Phi) is 14.3. The number of hydrogen-bond acceptors (Lipinski definition) is 6. The molecule has 0 radical (unpaired) electrons. The Morgan fingerprint density at radius 1 is 0.810 bits per heavy atom. The molecule has 0 bridgehead atoms. The molecule has 0 aliphatic rings. The van der Waals surface area contributed by atoms with Gasteiger partial charge in [0.1, 0.15) is 0 Å². The summed E-state index contributed by atoms with van der Waals surface area (Å²) in [6.45, 7) is 0. The third-order valence-corrected chi connectivity index (χ3v) is 1.83. The molecule has 112 valence electrons. The van der Waals surface area contributed by atoms with Crippen LogP contribution in [0.4, 0.5) is 0 Å². The number of aliphatic carboxylic acids is 2. The average molecular weight is 312 g/mol. The molecule has 0 heterocycles. The predicted octanol–water partition coefficient (Wildman–Crippen LogP) is -3.91. The predicted molar refractivity (Wildman–Crippen MR) is 62.6 cm³/mol. The molecule has 0 saturated heterocycles. The smallest absolute Gasteiger partial charge is 0.870 e. The van der Waals surface area contributed by atoms with Crippen LogP contribution in [0.25, 0.3) is 0 Å². The van der Waals surface area contributed by atoms with Crippen LogP contribution in [-0.2, 0) is 9.59 Å². The molecule has 1 rings (SSSR count). The minimum atomic E-state index is -2.27. The van der Waals surface area contributed by atoms with Crippen LogP contribution in [0.15, 0.2) is 30.3 Å². The zero-order valence-electron chi connectivity index (χ0n) is 10.9. The van der Waals surface area contributed by atoms with E-state index in [1.165, 1.54) is 0 Å². The van der Waals surface area contributed by atoms with Crippen LogP contribution in [0.2, 0.25) is 0 Å². The standard InChI is InChI=1S/C7H6O2.C4H6O6.Na.H2O/c8-7(9)6-4-2-1-3-5-6;5-1(3(7)8)2(6)4(9)10;;/h1-5H,(H,8,9);1-2,5-6H,(H,7,8)(H,9,10);;1H2/q;;+1;/p-1. The van der Waals surface area contributed by atoms with Crippen LogP contribution < -0.4 is 29.6 Å². The summed E-state index contributed by atoms with van der Waals surface area (Å²) in [5, 5.41) is 40.9. The molecule has 2 unspecified atom stereocenters. The van der Waals surface area contributed by atoms with Crippen molar-refractivity contribution in [1.82, 2.24) is 0 Å². The fourth-order valence-electron chi connectivity index (χ4n) is 0.851. The first-order valence-electron chi connectivity index (χ1n) is 4.87. The van der Waals surface area contributed by atoms with Gasteiger partial charge in [-0.25, -0.2) is 14.4 Å². The molecule has 10 heteroatoms. The Hall–Kier alpha value is -1.49. The van der Waals surface area contributed by atoms with E-state index in [0.717, 1.165) is 0 Å². The first-order valence-corrected chi connectivity index (χ1v) is 4.87. The molecule has 2 atom stereocenters. The molecule has 1 aromatic carbocycles. The van der Waals surface area contributed by atoms with E-state index in [-0.39, 0.29) is 35.0 Å². The van der Waals surface area contributed by atoms with Gasteiger partial charge >= 0.3 is 47.5 Å². The Morgan fingerprint density at radius 3 is 1.33 bits per heavy atom. The normalized spacial score (nSPS) is 11.3. The molecule has 0 spiro atoms. The van der Waals surface area contributed by atoms with Crippen LogP contribution in [0.3, 0.4) is 0 Å². The van der Waals surface area contributed by atoms with Crippen molar-refractivity contribution in [3.8, 4) is 0 Å². The summed E-state index contributed by atoms with van der Waals surface area (Å²) >= 11 is 0. The number of rotatable bonds is 4. The van der Waals surface area contributed by atoms with Crippen molar-refractivity contribution in [3.63, 3.8) is 0 Å². The van der Waals surface area contributed by atoms with E-state index in [0.29, 0.717) is 5.56 Å². The van der Waals surface area contributed by atoms with Crippen molar-refractivity contribution in [3.05, 3.63) is 35.9 Å². The van der Waals surface area contributed by atoms with E-state index in [1.807, 2.05) is 0 Å². The molecule has 21 heavy (non-hydrogen) atoms. The summed E-state index contributed by atoms with van der Waals surface area (Å²) in [7, 11) is 0. The van der Waals surface area contributed by atoms with Gasteiger partial charge in [-0.2, -0.15) is 0 Å². The molecule has 0 fully saturated rings. The van der Waals surface area contributed by atoms with Crippen molar-refractivity contribution in [1.29, 1.82) is 0 Å². The maximum Gasteiger partial charge on any atom is 1.00 e. The van der Waals surface area contributed by atoms with Crippen molar-refractivity contribution >= 4 is 17.9 Å². The van der Waals surface area contributed by atoms with Crippen LogP contribution in [-0.4, -0.2) is 61.1 Å². The molecule has 0 aliphatic carbocycles. The van der Waals surface area contributed by atoms with Crippen molar-refractivity contribution in [2.75, 3.05) is 0 Å². The third kappa shape index (κ3) is 9.96. The largest absolute Gasteiger partial charge is 1.00 e. The first-order chi connectivity index (χ1) is 8.77. The second kappa shape index (κ2) is 12.3. The molecule has 9 nitrogen and oxygen atoms in total. The van der Waals surface area contributed by atoms with E-state index in [2.05, 4.69) is 0 Å². The third-order valence-electron chi connectivity index (χ3n) is 1.83. The Labute approximate surface area is 141 Å². The summed E-state index contributed by atoms with van der Waals surface area (Å²) < 4.78 is 0. The Bertz CT molecular complexity index is 430. The quantitative estimate of drug-likeness (QED) is 0.347. The number of carboxylic acids is 3. The summed E-state index contributed by atoms with van der Waals surface area (Å²) in [4.78, 5) is 29.7. The van der Waals surface area contributed by atoms with Gasteiger partial charge in [0.2, 0.25) is 0 Å². The van der Waals surface area contributed by atoms with Gasteiger partial charge in [-0.05, 0) is 12.1 Å². The second-order valence-electron chi connectivity index (χ2n) is 3.24. The van der Waals surface area contributed by atoms with Crippen molar-refractivity contribution < 1.29 is 74.9 Å². The summed E-state index contributed by atoms with van der Waals surface area (Å²) in [5.74, 6) is -4.42. The number of aliphatic hydroxyl groups is 2. The van der Waals surface area contributed by atoms with Crippen LogP contribution in [0.1, 0.15) is 10.4 Å². The molecular weight excluding hydrogens is 299 g/mol. The number of aliphatic hydroxyl groups excluding tert-OH is 2. The van der Waals surface area contributed by atoms with Crippen molar-refractivity contribution in [2.45, 2.75) is 12.2 Å². The average Bonchev–Trinajstić information content (AvgIpc) is 2.38. The molecule has 6 N–H and O–H groups in total. The Morgan fingerprint density at radius 2 is 1.14 bits per heavy atom. The SMILES string of the molecule is O=C(O)C(O)C(O)C(=O)O.O=C(O)c1ccccc1.[Na+].[OH-]. The van der Waals surface area contributed by atoms with Gasteiger partial charge in [-0.15, -0.1) is 0 Å². The molecule has 0 aliphatic heterocycles. The second-order valence-corrected chi connectivity index (χ2v) is 3.24. The van der Waals surface area contributed by atoms with E-state index >= 15 is 0 Å². The minimum absolute atomic E-state index is 0. The maximum absolute atomic E-state index is 10.2. The van der Waals surface area contributed by atoms with Gasteiger partial charge in [0.05, 0.1) is 5.56 Å². The maximum atomic E-state index is 10.2. The molecule has 0 saturated carbocycles. The first kappa shape index (κ1) is 24.5. The molecule has 0 aromatic heterocycles. The Balaban J connectivity index is -0.000000282. The van der Waals surface area contributed by atoms with Gasteiger partial charge in [-0.1, -0.05) is 18.2 Å². The van der Waals surface area contributed by atoms with Gasteiger partial charge in [0.25, 0.3) is 0 Å². The van der Waals surface area contributed by atoms with Crippen LogP contribution >= 0.6 is 0 Å².